The fourth-order valence-corrected chi connectivity index (χ4v) is 4.08. The van der Waals surface area contributed by atoms with E-state index in [1.807, 2.05) is 24.5 Å². The highest BCUT2D eigenvalue weighted by Gasteiger charge is 2.31. The van der Waals surface area contributed by atoms with Gasteiger partial charge in [-0.1, -0.05) is 69.2 Å². The van der Waals surface area contributed by atoms with E-state index < -0.39 is 6.03 Å². The number of rotatable bonds is 12. The monoisotopic (exact) mass is 408 g/mol. The molecule has 0 radical (unpaired) electrons. The predicted molar refractivity (Wildman–Crippen MR) is 117 cm³/mol. The number of urea groups is 1. The SMILES string of the molecule is NC(=O)N(O)CCCCCCCCCCC1(c2cccnc2)C=c2ccccc2=N1. The van der Waals surface area contributed by atoms with Gasteiger partial charge in [0.05, 0.1) is 11.9 Å². The summed E-state index contributed by atoms with van der Waals surface area (Å²) in [6, 6.07) is 11.7. The van der Waals surface area contributed by atoms with Gasteiger partial charge >= 0.3 is 6.03 Å². The fraction of sp³-hybridized carbons (Fsp3) is 0.458. The standard InChI is InChI=1S/C24H32N4O2/c25-23(29)28(30)17-10-6-4-2-1-3-5-9-15-24(21-13-11-16-26-19-21)18-20-12-7-8-14-22(20)27-24/h7-8,11-14,16,18-19,30H,1-6,9-10,15,17H2,(H2,25,29). The van der Waals surface area contributed by atoms with Gasteiger partial charge in [-0.3, -0.25) is 15.2 Å². The van der Waals surface area contributed by atoms with Crippen LogP contribution in [0.25, 0.3) is 6.08 Å². The number of carbonyl (C=O) groups is 1. The highest BCUT2D eigenvalue weighted by Crippen LogP contribution is 2.34. The fourth-order valence-electron chi connectivity index (χ4n) is 4.08. The van der Waals surface area contributed by atoms with Gasteiger partial charge in [-0.15, -0.1) is 0 Å². The Morgan fingerprint density at radius 3 is 2.33 bits per heavy atom. The third kappa shape index (κ3) is 5.89. The summed E-state index contributed by atoms with van der Waals surface area (Å²) in [6.07, 6.45) is 15.9. The highest BCUT2D eigenvalue weighted by atomic mass is 16.5. The second-order valence-electron chi connectivity index (χ2n) is 8.02. The summed E-state index contributed by atoms with van der Waals surface area (Å²) in [5.74, 6) is 0. The Kier molecular flexibility index (Phi) is 7.97. The van der Waals surface area contributed by atoms with E-state index in [-0.39, 0.29) is 5.54 Å². The van der Waals surface area contributed by atoms with Crippen molar-refractivity contribution in [2.24, 2.45) is 10.7 Å². The lowest BCUT2D eigenvalue weighted by Gasteiger charge is -2.24. The number of carbonyl (C=O) groups excluding carboxylic acids is 1. The smallest absolute Gasteiger partial charge is 0.338 e. The van der Waals surface area contributed by atoms with E-state index in [2.05, 4.69) is 35.3 Å². The molecule has 1 aliphatic heterocycles. The van der Waals surface area contributed by atoms with Crippen molar-refractivity contribution in [1.29, 1.82) is 0 Å². The summed E-state index contributed by atoms with van der Waals surface area (Å²) in [6.45, 7) is 0.314. The van der Waals surface area contributed by atoms with Crippen LogP contribution in [0.2, 0.25) is 0 Å². The largest absolute Gasteiger partial charge is 0.350 e. The summed E-state index contributed by atoms with van der Waals surface area (Å²) in [5.41, 5.74) is 5.85. The molecule has 3 N–H and O–H groups in total. The van der Waals surface area contributed by atoms with Gasteiger partial charge < -0.3 is 5.73 Å². The van der Waals surface area contributed by atoms with Crippen molar-refractivity contribution < 1.29 is 10.0 Å². The van der Waals surface area contributed by atoms with Gasteiger partial charge in [0.25, 0.3) is 0 Å². The van der Waals surface area contributed by atoms with Gasteiger partial charge in [0.1, 0.15) is 5.54 Å². The molecule has 30 heavy (non-hydrogen) atoms. The van der Waals surface area contributed by atoms with Crippen LogP contribution in [0.5, 0.6) is 0 Å². The Bertz CT molecular complexity index is 895. The van der Waals surface area contributed by atoms with Crippen LogP contribution in [0.4, 0.5) is 4.79 Å². The highest BCUT2D eigenvalue weighted by molar-refractivity contribution is 5.70. The molecule has 3 rings (SSSR count). The van der Waals surface area contributed by atoms with Crippen molar-refractivity contribution in [2.45, 2.75) is 63.3 Å². The van der Waals surface area contributed by atoms with Gasteiger partial charge in [-0.25, -0.2) is 9.86 Å². The summed E-state index contributed by atoms with van der Waals surface area (Å²) in [4.78, 5) is 20.1. The number of fused-ring (bicyclic) bond motifs is 1. The number of amides is 2. The average Bonchev–Trinajstić information content (AvgIpc) is 3.15. The first-order valence-electron chi connectivity index (χ1n) is 10.9. The molecule has 6 nitrogen and oxygen atoms in total. The van der Waals surface area contributed by atoms with Gasteiger partial charge in [-0.2, -0.15) is 0 Å². The van der Waals surface area contributed by atoms with E-state index in [4.69, 9.17) is 10.7 Å². The zero-order valence-electron chi connectivity index (χ0n) is 17.5. The lowest BCUT2D eigenvalue weighted by molar-refractivity contribution is -0.0403. The van der Waals surface area contributed by atoms with Gasteiger partial charge in [0, 0.05) is 18.0 Å². The number of unbranched alkanes of at least 4 members (excludes halogenated alkanes) is 7. The zero-order valence-corrected chi connectivity index (χ0v) is 17.5. The van der Waals surface area contributed by atoms with Crippen LogP contribution in [-0.2, 0) is 5.54 Å². The molecule has 2 aromatic rings. The lowest BCUT2D eigenvalue weighted by atomic mass is 9.86. The summed E-state index contributed by atoms with van der Waals surface area (Å²) in [7, 11) is 0. The van der Waals surface area contributed by atoms with Crippen molar-refractivity contribution >= 4 is 12.1 Å². The van der Waals surface area contributed by atoms with E-state index in [1.54, 1.807) is 0 Å². The first-order chi connectivity index (χ1) is 14.6. The minimum Gasteiger partial charge on any atom is -0.350 e. The molecular formula is C24H32N4O2. The third-order valence-electron chi connectivity index (χ3n) is 5.74. The Labute approximate surface area is 178 Å². The maximum atomic E-state index is 10.7. The van der Waals surface area contributed by atoms with Crippen LogP contribution >= 0.6 is 0 Å². The van der Waals surface area contributed by atoms with E-state index in [1.165, 1.54) is 30.9 Å². The van der Waals surface area contributed by atoms with E-state index in [9.17, 15) is 10.0 Å². The van der Waals surface area contributed by atoms with Crippen LogP contribution in [0.15, 0.2) is 53.8 Å². The molecule has 2 amide bonds. The van der Waals surface area contributed by atoms with Crippen LogP contribution in [0.3, 0.4) is 0 Å². The predicted octanol–water partition coefficient (Wildman–Crippen LogP) is 3.67. The molecule has 0 aliphatic carbocycles. The molecule has 0 saturated carbocycles. The number of primary amides is 1. The Morgan fingerprint density at radius 2 is 1.67 bits per heavy atom. The Balaban J connectivity index is 1.41. The maximum absolute atomic E-state index is 10.7. The number of aromatic nitrogens is 1. The van der Waals surface area contributed by atoms with Gasteiger partial charge in [-0.05, 0) is 36.3 Å². The zero-order chi connectivity index (χ0) is 21.2. The number of para-hydroxylation sites is 1. The molecule has 0 bridgehead atoms. The van der Waals surface area contributed by atoms with Crippen molar-refractivity contribution in [3.63, 3.8) is 0 Å². The molecule has 1 aliphatic rings. The minimum absolute atomic E-state index is 0.297. The first-order valence-corrected chi connectivity index (χ1v) is 10.9. The minimum atomic E-state index is -0.784. The molecule has 1 atom stereocenters. The third-order valence-corrected chi connectivity index (χ3v) is 5.74. The average molecular weight is 409 g/mol. The van der Waals surface area contributed by atoms with E-state index in [0.717, 1.165) is 43.0 Å². The molecule has 1 aromatic heterocycles. The number of nitrogens with zero attached hydrogens (tertiary/aromatic N) is 3. The number of hydrogen-bond acceptors (Lipinski definition) is 4. The van der Waals surface area contributed by atoms with Gasteiger partial charge in [0.2, 0.25) is 0 Å². The van der Waals surface area contributed by atoms with E-state index >= 15 is 0 Å². The van der Waals surface area contributed by atoms with E-state index in [0.29, 0.717) is 11.6 Å². The van der Waals surface area contributed by atoms with Crippen LogP contribution in [0, 0.1) is 0 Å². The number of hydrogen-bond donors (Lipinski definition) is 2. The Hall–Kier alpha value is -2.73. The van der Waals surface area contributed by atoms with Crippen LogP contribution < -0.4 is 16.3 Å². The quantitative estimate of drug-likeness (QED) is 0.319. The maximum Gasteiger partial charge on any atom is 0.338 e. The van der Waals surface area contributed by atoms with Crippen LogP contribution in [0.1, 0.15) is 63.4 Å². The molecule has 160 valence electrons. The molecule has 2 heterocycles. The summed E-state index contributed by atoms with van der Waals surface area (Å²) >= 11 is 0. The van der Waals surface area contributed by atoms with Crippen molar-refractivity contribution in [3.8, 4) is 0 Å². The molecule has 1 aromatic carbocycles. The van der Waals surface area contributed by atoms with Crippen molar-refractivity contribution in [1.82, 2.24) is 10.0 Å². The number of benzene rings is 1. The molecule has 1 unspecified atom stereocenters. The topological polar surface area (TPSA) is 91.8 Å². The van der Waals surface area contributed by atoms with Crippen molar-refractivity contribution in [2.75, 3.05) is 6.54 Å². The Morgan fingerprint density at radius 1 is 0.967 bits per heavy atom. The van der Waals surface area contributed by atoms with Gasteiger partial charge in [0.15, 0.2) is 0 Å². The van der Waals surface area contributed by atoms with Crippen molar-refractivity contribution in [3.05, 3.63) is 64.9 Å². The first kappa shape index (κ1) is 22.0. The molecule has 0 saturated heterocycles. The molecule has 0 spiro atoms. The summed E-state index contributed by atoms with van der Waals surface area (Å²) in [5, 5.41) is 12.1. The number of pyridine rings is 1. The second kappa shape index (κ2) is 10.9. The molecule has 0 fully saturated rings. The molecular weight excluding hydrogens is 376 g/mol. The van der Waals surface area contributed by atoms with Crippen LogP contribution in [-0.4, -0.2) is 27.8 Å². The summed E-state index contributed by atoms with van der Waals surface area (Å²) < 4.78 is 0. The normalized spacial score (nSPS) is 17.1. The lowest BCUT2D eigenvalue weighted by Crippen LogP contribution is -2.33. The number of hydroxylamine groups is 2. The number of nitrogens with two attached hydrogens (primary N) is 1. The second-order valence-corrected chi connectivity index (χ2v) is 8.02. The molecule has 6 heteroatoms.